The number of halogens is 2. The third kappa shape index (κ3) is 25.5. The molecule has 0 unspecified atom stereocenters. The molecule has 4 heteroatoms. The third-order valence-electron chi connectivity index (χ3n) is 4.35. The van der Waals surface area contributed by atoms with Crippen molar-refractivity contribution in [3.05, 3.63) is 120 Å². The van der Waals surface area contributed by atoms with Crippen LogP contribution < -0.4 is 0 Å². The van der Waals surface area contributed by atoms with Gasteiger partial charge in [0.2, 0.25) is 0 Å². The van der Waals surface area contributed by atoms with Crippen LogP contribution in [0, 0.1) is 24.3 Å². The first-order valence-electron chi connectivity index (χ1n) is 11.6. The molecule has 2 aliphatic rings. The van der Waals surface area contributed by atoms with E-state index in [4.69, 9.17) is 0 Å². The van der Waals surface area contributed by atoms with Crippen molar-refractivity contribution < 1.29 is 19.2 Å². The summed E-state index contributed by atoms with van der Waals surface area (Å²) in [4.78, 5) is 0. The van der Waals surface area contributed by atoms with E-state index in [0.717, 1.165) is 12.8 Å². The molecule has 0 saturated carbocycles. The molecule has 0 atom stereocenters. The molecule has 2 aromatic rings. The molecule has 2 aromatic carbocycles. The molecular formula is C30H40Cl2SiTi-4. The van der Waals surface area contributed by atoms with Crippen LogP contribution in [0.1, 0.15) is 65.2 Å². The van der Waals surface area contributed by atoms with Gasteiger partial charge in [0.1, 0.15) is 0 Å². The molecule has 0 amide bonds. The van der Waals surface area contributed by atoms with Gasteiger partial charge in [-0.3, -0.25) is 12.2 Å². The zero-order chi connectivity index (χ0) is 23.5. The summed E-state index contributed by atoms with van der Waals surface area (Å²) in [5.74, 6) is 0. The Balaban J connectivity index is -0.000000366. The first-order valence-corrected chi connectivity index (χ1v) is 15.6. The maximum atomic E-state index is 3.30. The Labute approximate surface area is 236 Å². The van der Waals surface area contributed by atoms with Crippen molar-refractivity contribution >= 4 is 32.4 Å². The Morgan fingerprint density at radius 3 is 1.18 bits per heavy atom. The van der Waals surface area contributed by atoms with E-state index in [-0.39, 0.29) is 24.8 Å². The van der Waals surface area contributed by atoms with Crippen molar-refractivity contribution in [1.29, 1.82) is 0 Å². The second-order valence-electron chi connectivity index (χ2n) is 6.98. The van der Waals surface area contributed by atoms with Crippen LogP contribution >= 0.6 is 24.8 Å². The molecule has 186 valence electrons. The maximum Gasteiger partial charge on any atom is -0.171 e. The first kappa shape index (κ1) is 37.5. The largest absolute Gasteiger partial charge is 0.184 e. The van der Waals surface area contributed by atoms with Crippen molar-refractivity contribution in [3.63, 3.8) is 0 Å². The third-order valence-corrected chi connectivity index (χ3v) is 4.35. The van der Waals surface area contributed by atoms with E-state index in [1.54, 1.807) is 0 Å². The van der Waals surface area contributed by atoms with Gasteiger partial charge in [-0.1, -0.05) is 52.4 Å². The van der Waals surface area contributed by atoms with E-state index in [1.165, 1.54) is 49.7 Å². The fourth-order valence-electron chi connectivity index (χ4n) is 2.66. The molecule has 0 bridgehead atoms. The molecule has 0 saturated heterocycles. The summed E-state index contributed by atoms with van der Waals surface area (Å²) >= 11 is 2.03. The van der Waals surface area contributed by atoms with Crippen LogP contribution in [0.2, 0.25) is 0 Å². The molecule has 2 aliphatic carbocycles. The monoisotopic (exact) mass is 546 g/mol. The Kier molecular flexibility index (Phi) is 35.2. The van der Waals surface area contributed by atoms with Gasteiger partial charge in [0.25, 0.3) is 0 Å². The zero-order valence-corrected chi connectivity index (χ0v) is 25.4. The van der Waals surface area contributed by atoms with Crippen molar-refractivity contribution in [2.24, 2.45) is 0 Å². The maximum absolute atomic E-state index is 3.30. The van der Waals surface area contributed by atoms with Gasteiger partial charge in [0.15, 0.2) is 0 Å². The standard InChI is InChI=1S/2C9H13.2C6H5.2ClH.H2Si.Ti/c2*1-2-3-6-9-7-4-5-8-9;2*1-2-4-6-5-3-1;;;;/h2*4,7H,2-3,5-6H2,1H3;2*1-5H;2*1H;1H2;/q4*-1;;;;. The number of hydrogen-bond acceptors (Lipinski definition) is 0. The molecule has 0 heterocycles. The summed E-state index contributed by atoms with van der Waals surface area (Å²) in [6, 6.07) is 25.0. The van der Waals surface area contributed by atoms with Crippen LogP contribution in [0.5, 0.6) is 0 Å². The first-order chi connectivity index (χ1) is 15.9. The van der Waals surface area contributed by atoms with Gasteiger partial charge in [-0.25, -0.2) is 23.3 Å². The van der Waals surface area contributed by atoms with Crippen LogP contribution in [0.25, 0.3) is 0 Å². The summed E-state index contributed by atoms with van der Waals surface area (Å²) in [5, 5.41) is 0. The fourth-order valence-corrected chi connectivity index (χ4v) is 2.66. The number of hydrogen-bond donors (Lipinski definition) is 0. The van der Waals surface area contributed by atoms with E-state index in [1.807, 2.05) is 87.5 Å². The minimum absolute atomic E-state index is 0. The predicted molar refractivity (Wildman–Crippen MR) is 154 cm³/mol. The van der Waals surface area contributed by atoms with E-state index in [0.29, 0.717) is 0 Å². The van der Waals surface area contributed by atoms with E-state index in [2.05, 4.69) is 62.4 Å². The molecule has 0 radical (unpaired) electrons. The van der Waals surface area contributed by atoms with Gasteiger partial charge in [0, 0.05) is 0 Å². The summed E-state index contributed by atoms with van der Waals surface area (Å²) in [6.45, 7) is 4.44. The van der Waals surface area contributed by atoms with Crippen LogP contribution in [0.3, 0.4) is 0 Å². The summed E-state index contributed by atoms with van der Waals surface area (Å²) in [5.41, 5.74) is 2.83. The summed E-state index contributed by atoms with van der Waals surface area (Å²) < 4.78 is 0. The molecule has 0 aromatic heterocycles. The van der Waals surface area contributed by atoms with E-state index < -0.39 is 0 Å². The Bertz CT molecular complexity index is 637. The van der Waals surface area contributed by atoms with Gasteiger partial charge in [0.05, 0.1) is 0 Å². The molecule has 0 aliphatic heterocycles. The van der Waals surface area contributed by atoms with Gasteiger partial charge in [-0.15, -0.1) is 37.7 Å². The van der Waals surface area contributed by atoms with E-state index in [9.17, 15) is 0 Å². The second-order valence-corrected chi connectivity index (χ2v) is 6.98. The molecule has 4 rings (SSSR count). The fraction of sp³-hybridized carbons (Fsp3) is 0.333. The van der Waals surface area contributed by atoms with Crippen LogP contribution in [0.4, 0.5) is 0 Å². The molecule has 0 nitrogen and oxygen atoms in total. The molecule has 34 heavy (non-hydrogen) atoms. The minimum atomic E-state index is 0. The van der Waals surface area contributed by atoms with Crippen molar-refractivity contribution in [2.75, 3.05) is 0 Å². The molecule has 0 spiro atoms. The quantitative estimate of drug-likeness (QED) is 0.251. The van der Waals surface area contributed by atoms with E-state index >= 15 is 0 Å². The Hall–Kier alpha value is -1.09. The van der Waals surface area contributed by atoms with Gasteiger partial charge < -0.3 is 0 Å². The van der Waals surface area contributed by atoms with Gasteiger partial charge in [-0.05, 0) is 0 Å². The minimum Gasteiger partial charge on any atom is -0.184 e. The smallest absolute Gasteiger partial charge is 0.171 e. The average molecular weight is 548 g/mol. The van der Waals surface area contributed by atoms with Crippen molar-refractivity contribution in [2.45, 2.75) is 65.2 Å². The second kappa shape index (κ2) is 31.9. The van der Waals surface area contributed by atoms with Gasteiger partial charge in [-0.2, -0.15) is 84.9 Å². The molecule has 0 N–H and O–H groups in total. The molecule has 0 fully saturated rings. The normalized spacial score (nSPS) is 11.6. The van der Waals surface area contributed by atoms with Gasteiger partial charge >= 0.3 is 26.8 Å². The Morgan fingerprint density at radius 2 is 1.00 bits per heavy atom. The van der Waals surface area contributed by atoms with Crippen LogP contribution in [0.15, 0.2) is 96.1 Å². The number of unbranched alkanes of at least 4 members (excludes halogenated alkanes) is 2. The number of rotatable bonds is 6. The zero-order valence-electron chi connectivity index (χ0n) is 20.8. The molecular weight excluding hydrogens is 507 g/mol. The SMILES string of the molecule is CCCCC1=[C-]CC=C1.CCCCC1=[C-]CC=C1.Cl.Cl.[SiH2]=[Ti].[c-]1ccccc1.[c-]1ccccc1. The summed E-state index contributed by atoms with van der Waals surface area (Å²) in [7, 11) is 1.86. The Morgan fingerprint density at radius 1 is 0.647 bits per heavy atom. The topological polar surface area (TPSA) is 0 Å². The van der Waals surface area contributed by atoms with Crippen LogP contribution in [-0.4, -0.2) is 7.63 Å². The number of benzene rings is 2. The average Bonchev–Trinajstić information content (AvgIpc) is 3.61. The predicted octanol–water partition coefficient (Wildman–Crippen LogP) is 8.63. The summed E-state index contributed by atoms with van der Waals surface area (Å²) in [6.07, 6.45) is 25.1. The van der Waals surface area contributed by atoms with Crippen molar-refractivity contribution in [1.82, 2.24) is 0 Å². The number of allylic oxidation sites excluding steroid dienone is 8. The van der Waals surface area contributed by atoms with Crippen molar-refractivity contribution in [3.8, 4) is 0 Å². The van der Waals surface area contributed by atoms with Crippen LogP contribution in [-0.2, 0) is 19.2 Å².